The fourth-order valence-corrected chi connectivity index (χ4v) is 2.91. The topological polar surface area (TPSA) is 89.3 Å². The molecule has 1 aliphatic rings. The Balaban J connectivity index is 1.56. The molecule has 1 aromatic heterocycles. The van der Waals surface area contributed by atoms with E-state index in [0.717, 1.165) is 0 Å². The third kappa shape index (κ3) is 4.14. The van der Waals surface area contributed by atoms with Crippen LogP contribution in [0.2, 0.25) is 0 Å². The highest BCUT2D eigenvalue weighted by atomic mass is 19.1. The first-order chi connectivity index (χ1) is 13.4. The van der Waals surface area contributed by atoms with E-state index in [9.17, 15) is 18.8 Å². The summed E-state index contributed by atoms with van der Waals surface area (Å²) in [7, 11) is 1.45. The number of rotatable bonds is 5. The summed E-state index contributed by atoms with van der Waals surface area (Å²) in [5, 5.41) is 0.464. The number of benzene rings is 1. The molecule has 2 aromatic rings. The standard InChI is InChI=1S/C19H21FN2O6/c1-12-13-4-3-5-14(20)18(13)28-17(12)19(25)27-11-16(24)21(2)10-15(23)22-6-8-26-9-7-22/h3-5H,6-11H2,1-2H3. The number of ether oxygens (including phenoxy) is 2. The number of hydrogen-bond acceptors (Lipinski definition) is 6. The summed E-state index contributed by atoms with van der Waals surface area (Å²) in [6.07, 6.45) is 0. The average Bonchev–Trinajstić information content (AvgIpc) is 3.04. The summed E-state index contributed by atoms with van der Waals surface area (Å²) in [6, 6.07) is 4.37. The van der Waals surface area contributed by atoms with Gasteiger partial charge in [0.1, 0.15) is 0 Å². The van der Waals surface area contributed by atoms with Gasteiger partial charge >= 0.3 is 5.97 Å². The fourth-order valence-electron chi connectivity index (χ4n) is 2.91. The van der Waals surface area contributed by atoms with Crippen molar-refractivity contribution in [1.29, 1.82) is 0 Å². The van der Waals surface area contributed by atoms with E-state index < -0.39 is 24.3 Å². The molecule has 0 saturated carbocycles. The lowest BCUT2D eigenvalue weighted by Gasteiger charge is -2.28. The SMILES string of the molecule is Cc1c(C(=O)OCC(=O)N(C)CC(=O)N2CCOCC2)oc2c(F)cccc12. The van der Waals surface area contributed by atoms with Crippen LogP contribution in [0.3, 0.4) is 0 Å². The number of fused-ring (bicyclic) bond motifs is 1. The van der Waals surface area contributed by atoms with Gasteiger partial charge in [0.2, 0.25) is 11.7 Å². The van der Waals surface area contributed by atoms with Crippen LogP contribution >= 0.6 is 0 Å². The van der Waals surface area contributed by atoms with Crippen molar-refractivity contribution >= 4 is 28.8 Å². The Bertz CT molecular complexity index is 903. The number of amides is 2. The van der Waals surface area contributed by atoms with Crippen molar-refractivity contribution in [3.05, 3.63) is 35.3 Å². The first kappa shape index (κ1) is 19.8. The maximum atomic E-state index is 13.8. The third-order valence-electron chi connectivity index (χ3n) is 4.59. The van der Waals surface area contributed by atoms with Crippen LogP contribution in [-0.4, -0.2) is 74.1 Å². The van der Waals surface area contributed by atoms with E-state index in [1.165, 1.54) is 24.1 Å². The molecule has 0 unspecified atom stereocenters. The molecular formula is C19H21FN2O6. The number of esters is 1. The van der Waals surface area contributed by atoms with E-state index in [4.69, 9.17) is 13.9 Å². The van der Waals surface area contributed by atoms with E-state index in [-0.39, 0.29) is 23.8 Å². The summed E-state index contributed by atoms with van der Waals surface area (Å²) in [5.41, 5.74) is 0.398. The largest absolute Gasteiger partial charge is 0.450 e. The van der Waals surface area contributed by atoms with Crippen LogP contribution in [0.5, 0.6) is 0 Å². The molecule has 1 aromatic carbocycles. The number of carbonyl (C=O) groups excluding carboxylic acids is 3. The molecule has 0 atom stereocenters. The van der Waals surface area contributed by atoms with Crippen molar-refractivity contribution in [2.75, 3.05) is 46.5 Å². The van der Waals surface area contributed by atoms with Gasteiger partial charge < -0.3 is 23.7 Å². The lowest BCUT2D eigenvalue weighted by Crippen LogP contribution is -2.46. The van der Waals surface area contributed by atoms with Gasteiger partial charge in [-0.25, -0.2) is 9.18 Å². The Morgan fingerprint density at radius 2 is 1.96 bits per heavy atom. The summed E-state index contributed by atoms with van der Waals surface area (Å²) < 4.78 is 29.2. The Morgan fingerprint density at radius 1 is 1.25 bits per heavy atom. The van der Waals surface area contributed by atoms with Crippen molar-refractivity contribution in [3.8, 4) is 0 Å². The number of furan rings is 1. The van der Waals surface area contributed by atoms with Crippen LogP contribution in [0.15, 0.2) is 22.6 Å². The van der Waals surface area contributed by atoms with E-state index in [0.29, 0.717) is 37.3 Å². The smallest absolute Gasteiger partial charge is 0.375 e. The van der Waals surface area contributed by atoms with Crippen LogP contribution in [0.25, 0.3) is 11.0 Å². The maximum absolute atomic E-state index is 13.8. The second-order valence-electron chi connectivity index (χ2n) is 6.49. The molecule has 150 valence electrons. The Hall–Kier alpha value is -2.94. The van der Waals surface area contributed by atoms with Crippen LogP contribution < -0.4 is 0 Å². The van der Waals surface area contributed by atoms with E-state index in [2.05, 4.69) is 0 Å². The van der Waals surface area contributed by atoms with Crippen molar-refractivity contribution in [2.24, 2.45) is 0 Å². The second kappa shape index (κ2) is 8.39. The van der Waals surface area contributed by atoms with Gasteiger partial charge in [0.25, 0.3) is 5.91 Å². The molecule has 2 heterocycles. The molecule has 0 spiro atoms. The molecule has 1 saturated heterocycles. The Morgan fingerprint density at radius 3 is 2.64 bits per heavy atom. The molecule has 28 heavy (non-hydrogen) atoms. The predicted molar refractivity (Wildman–Crippen MR) is 96.2 cm³/mol. The number of likely N-dealkylation sites (N-methyl/N-ethyl adjacent to an activating group) is 1. The quantitative estimate of drug-likeness (QED) is 0.714. The minimum atomic E-state index is -0.866. The Labute approximate surface area is 160 Å². The van der Waals surface area contributed by atoms with Gasteiger partial charge in [0.15, 0.2) is 18.0 Å². The minimum absolute atomic E-state index is 0.0356. The number of halogens is 1. The lowest BCUT2D eigenvalue weighted by atomic mass is 10.1. The molecule has 0 radical (unpaired) electrons. The van der Waals surface area contributed by atoms with Gasteiger partial charge in [-0.1, -0.05) is 12.1 Å². The summed E-state index contributed by atoms with van der Waals surface area (Å²) >= 11 is 0. The highest BCUT2D eigenvalue weighted by Crippen LogP contribution is 2.27. The highest BCUT2D eigenvalue weighted by Gasteiger charge is 2.24. The molecular weight excluding hydrogens is 371 g/mol. The predicted octanol–water partition coefficient (Wildman–Crippen LogP) is 1.35. The summed E-state index contributed by atoms with van der Waals surface area (Å²) in [4.78, 5) is 39.4. The Kier molecular flexibility index (Phi) is 5.93. The first-order valence-corrected chi connectivity index (χ1v) is 8.82. The number of hydrogen-bond donors (Lipinski definition) is 0. The zero-order chi connectivity index (χ0) is 20.3. The fraction of sp³-hybridized carbons (Fsp3) is 0.421. The van der Waals surface area contributed by atoms with Gasteiger partial charge in [-0.2, -0.15) is 0 Å². The van der Waals surface area contributed by atoms with Crippen LogP contribution in [0.1, 0.15) is 16.1 Å². The average molecular weight is 392 g/mol. The van der Waals surface area contributed by atoms with Gasteiger partial charge in [-0.15, -0.1) is 0 Å². The van der Waals surface area contributed by atoms with Gasteiger partial charge in [0.05, 0.1) is 19.8 Å². The van der Waals surface area contributed by atoms with E-state index in [1.807, 2.05) is 0 Å². The number of nitrogens with zero attached hydrogens (tertiary/aromatic N) is 2. The zero-order valence-electron chi connectivity index (χ0n) is 15.7. The van der Waals surface area contributed by atoms with E-state index in [1.54, 1.807) is 17.9 Å². The maximum Gasteiger partial charge on any atom is 0.375 e. The van der Waals surface area contributed by atoms with Crippen LogP contribution in [0, 0.1) is 12.7 Å². The molecule has 0 aliphatic carbocycles. The molecule has 0 N–H and O–H groups in total. The van der Waals surface area contributed by atoms with Gasteiger partial charge in [-0.05, 0) is 13.0 Å². The van der Waals surface area contributed by atoms with Crippen molar-refractivity contribution in [3.63, 3.8) is 0 Å². The first-order valence-electron chi connectivity index (χ1n) is 8.82. The van der Waals surface area contributed by atoms with Crippen LogP contribution in [-0.2, 0) is 19.1 Å². The zero-order valence-corrected chi connectivity index (χ0v) is 15.7. The highest BCUT2D eigenvalue weighted by molar-refractivity contribution is 5.97. The van der Waals surface area contributed by atoms with Crippen molar-refractivity contribution in [2.45, 2.75) is 6.92 Å². The molecule has 8 nitrogen and oxygen atoms in total. The monoisotopic (exact) mass is 392 g/mol. The molecule has 1 fully saturated rings. The molecule has 0 bridgehead atoms. The minimum Gasteiger partial charge on any atom is -0.450 e. The summed E-state index contributed by atoms with van der Waals surface area (Å²) in [5.74, 6) is -2.34. The van der Waals surface area contributed by atoms with Crippen molar-refractivity contribution in [1.82, 2.24) is 9.80 Å². The molecule has 2 amide bonds. The molecule has 9 heteroatoms. The van der Waals surface area contributed by atoms with Crippen molar-refractivity contribution < 1.29 is 32.7 Å². The normalized spacial score (nSPS) is 14.2. The number of aryl methyl sites for hydroxylation is 1. The van der Waals surface area contributed by atoms with Gasteiger partial charge in [-0.3, -0.25) is 9.59 Å². The van der Waals surface area contributed by atoms with Crippen LogP contribution in [0.4, 0.5) is 4.39 Å². The summed E-state index contributed by atoms with van der Waals surface area (Å²) in [6.45, 7) is 2.85. The number of para-hydroxylation sites is 1. The second-order valence-corrected chi connectivity index (χ2v) is 6.49. The van der Waals surface area contributed by atoms with E-state index >= 15 is 0 Å². The number of carbonyl (C=O) groups is 3. The van der Waals surface area contributed by atoms with Gasteiger partial charge in [0, 0.05) is 31.1 Å². The molecule has 1 aliphatic heterocycles. The number of morpholine rings is 1. The lowest BCUT2D eigenvalue weighted by molar-refractivity contribution is -0.143. The third-order valence-corrected chi connectivity index (χ3v) is 4.59. The molecule has 3 rings (SSSR count).